The number of anilines is 1. The van der Waals surface area contributed by atoms with Gasteiger partial charge in [0.15, 0.2) is 11.5 Å². The molecular weight excluding hydrogens is 436 g/mol. The number of amides is 2. The molecule has 1 aliphatic heterocycles. The molecule has 1 aliphatic rings. The van der Waals surface area contributed by atoms with Crippen LogP contribution in [-0.2, 0) is 11.3 Å². The third kappa shape index (κ3) is 4.83. The minimum atomic E-state index is -0.464. The van der Waals surface area contributed by atoms with Gasteiger partial charge in [0.25, 0.3) is 5.91 Å². The Labute approximate surface area is 197 Å². The number of hydrogen-bond acceptors (Lipinski definition) is 5. The van der Waals surface area contributed by atoms with Crippen molar-refractivity contribution in [1.29, 1.82) is 0 Å². The number of methoxy groups -OCH3 is 2. The van der Waals surface area contributed by atoms with E-state index >= 15 is 0 Å². The summed E-state index contributed by atoms with van der Waals surface area (Å²) in [5.41, 5.74) is 3.17. The fourth-order valence-corrected chi connectivity index (χ4v) is 4.54. The lowest BCUT2D eigenvalue weighted by atomic mass is 10.0. The molecule has 2 amide bonds. The van der Waals surface area contributed by atoms with Crippen LogP contribution in [0.2, 0.25) is 0 Å². The second kappa shape index (κ2) is 10.0. The fourth-order valence-electron chi connectivity index (χ4n) is 4.09. The third-order valence-corrected chi connectivity index (χ3v) is 6.48. The Kier molecular flexibility index (Phi) is 6.89. The van der Waals surface area contributed by atoms with E-state index in [1.807, 2.05) is 66.9 Å². The highest BCUT2D eigenvalue weighted by molar-refractivity contribution is 7.98. The van der Waals surface area contributed by atoms with Gasteiger partial charge in [-0.05, 0) is 53.8 Å². The minimum absolute atomic E-state index is 0.0810. The van der Waals surface area contributed by atoms with E-state index in [9.17, 15) is 9.59 Å². The molecule has 0 saturated carbocycles. The average molecular weight is 463 g/mol. The van der Waals surface area contributed by atoms with Crippen LogP contribution < -0.4 is 14.8 Å². The van der Waals surface area contributed by atoms with Gasteiger partial charge in [-0.1, -0.05) is 30.3 Å². The highest BCUT2D eigenvalue weighted by Gasteiger charge is 2.34. The maximum Gasteiger partial charge on any atom is 0.255 e. The van der Waals surface area contributed by atoms with E-state index < -0.39 is 6.04 Å². The molecule has 3 aromatic carbocycles. The van der Waals surface area contributed by atoms with Crippen molar-refractivity contribution in [3.05, 3.63) is 83.4 Å². The van der Waals surface area contributed by atoms with E-state index in [0.717, 1.165) is 21.7 Å². The summed E-state index contributed by atoms with van der Waals surface area (Å²) in [6.07, 6.45) is 2.10. The van der Waals surface area contributed by atoms with Gasteiger partial charge >= 0.3 is 0 Å². The molecule has 1 atom stereocenters. The topological polar surface area (TPSA) is 67.9 Å². The molecule has 1 N–H and O–H groups in total. The van der Waals surface area contributed by atoms with Crippen LogP contribution in [0, 0.1) is 0 Å². The number of carbonyl (C=O) groups is 2. The molecule has 6 nitrogen and oxygen atoms in total. The molecule has 3 aromatic rings. The van der Waals surface area contributed by atoms with Gasteiger partial charge in [-0.15, -0.1) is 11.8 Å². The molecule has 170 valence electrons. The van der Waals surface area contributed by atoms with Gasteiger partial charge in [0, 0.05) is 22.7 Å². The van der Waals surface area contributed by atoms with E-state index in [1.54, 1.807) is 36.9 Å². The van der Waals surface area contributed by atoms with Gasteiger partial charge in [0.2, 0.25) is 5.91 Å². The smallest absolute Gasteiger partial charge is 0.255 e. The average Bonchev–Trinajstić information content (AvgIpc) is 3.18. The summed E-state index contributed by atoms with van der Waals surface area (Å²) >= 11 is 1.61. The number of benzene rings is 3. The van der Waals surface area contributed by atoms with Gasteiger partial charge < -0.3 is 19.7 Å². The molecule has 4 rings (SSSR count). The van der Waals surface area contributed by atoms with Gasteiger partial charge in [-0.2, -0.15) is 0 Å². The van der Waals surface area contributed by atoms with Gasteiger partial charge in [0.05, 0.1) is 26.7 Å². The van der Waals surface area contributed by atoms with Crippen molar-refractivity contribution in [2.45, 2.75) is 23.9 Å². The van der Waals surface area contributed by atoms with E-state index in [1.165, 1.54) is 0 Å². The number of ether oxygens (including phenoxy) is 2. The van der Waals surface area contributed by atoms with Crippen LogP contribution in [0.25, 0.3) is 0 Å². The zero-order valence-electron chi connectivity index (χ0n) is 18.8. The van der Waals surface area contributed by atoms with Crippen molar-refractivity contribution in [2.75, 3.05) is 25.8 Å². The number of carbonyl (C=O) groups excluding carboxylic acids is 2. The summed E-state index contributed by atoms with van der Waals surface area (Å²) in [5.74, 6) is 0.894. The Balaban J connectivity index is 1.64. The molecule has 1 heterocycles. The molecule has 0 spiro atoms. The Morgan fingerprint density at radius 2 is 1.82 bits per heavy atom. The third-order valence-electron chi connectivity index (χ3n) is 5.75. The first-order valence-corrected chi connectivity index (χ1v) is 11.8. The number of rotatable bonds is 8. The zero-order chi connectivity index (χ0) is 23.4. The SMILES string of the molecule is COc1ccc([C@@H](CC(=O)Nc2cccc(SC)c2)N2Cc3ccccc3C2=O)cc1OC. The highest BCUT2D eigenvalue weighted by Crippen LogP contribution is 2.37. The van der Waals surface area contributed by atoms with Crippen LogP contribution >= 0.6 is 11.8 Å². The molecule has 0 fully saturated rings. The number of hydrogen-bond donors (Lipinski definition) is 1. The van der Waals surface area contributed by atoms with Gasteiger partial charge in [0.1, 0.15) is 0 Å². The molecule has 0 aromatic heterocycles. The first-order chi connectivity index (χ1) is 16.0. The Bertz CT molecular complexity index is 1180. The lowest BCUT2D eigenvalue weighted by Crippen LogP contribution is -2.32. The molecule has 7 heteroatoms. The predicted molar refractivity (Wildman–Crippen MR) is 130 cm³/mol. The summed E-state index contributed by atoms with van der Waals surface area (Å²) in [4.78, 5) is 29.2. The van der Waals surface area contributed by atoms with Crippen LogP contribution in [0.4, 0.5) is 5.69 Å². The quantitative estimate of drug-likeness (QED) is 0.469. The van der Waals surface area contributed by atoms with Gasteiger partial charge in [-0.25, -0.2) is 0 Å². The van der Waals surface area contributed by atoms with E-state index in [0.29, 0.717) is 23.6 Å². The summed E-state index contributed by atoms with van der Waals surface area (Å²) in [6.45, 7) is 0.448. The molecule has 0 aliphatic carbocycles. The molecule has 0 saturated heterocycles. The Morgan fingerprint density at radius 1 is 1.03 bits per heavy atom. The fraction of sp³-hybridized carbons (Fsp3) is 0.231. The Morgan fingerprint density at radius 3 is 2.55 bits per heavy atom. The van der Waals surface area contributed by atoms with E-state index in [4.69, 9.17) is 9.47 Å². The first-order valence-electron chi connectivity index (χ1n) is 10.6. The van der Waals surface area contributed by atoms with Crippen LogP contribution in [-0.4, -0.2) is 37.2 Å². The van der Waals surface area contributed by atoms with Crippen LogP contribution in [0.5, 0.6) is 11.5 Å². The number of thioether (sulfide) groups is 1. The number of nitrogens with zero attached hydrogens (tertiary/aromatic N) is 1. The van der Waals surface area contributed by atoms with Crippen molar-refractivity contribution in [3.63, 3.8) is 0 Å². The summed E-state index contributed by atoms with van der Waals surface area (Å²) < 4.78 is 10.8. The molecule has 0 bridgehead atoms. The second-order valence-corrected chi connectivity index (χ2v) is 8.58. The summed E-state index contributed by atoms with van der Waals surface area (Å²) in [6, 6.07) is 20.3. The standard InChI is InChI=1S/C26H26N2O4S/c1-31-23-12-11-17(13-24(23)32-2)22(28-16-18-7-4-5-10-21(18)26(28)30)15-25(29)27-19-8-6-9-20(14-19)33-3/h4-14,22H,15-16H2,1-3H3,(H,27,29)/t22-/m1/s1. The summed E-state index contributed by atoms with van der Waals surface area (Å²) in [5, 5.41) is 2.98. The Hall–Kier alpha value is -3.45. The summed E-state index contributed by atoms with van der Waals surface area (Å²) in [7, 11) is 3.14. The largest absolute Gasteiger partial charge is 0.493 e. The number of fused-ring (bicyclic) bond motifs is 1. The molecule has 0 unspecified atom stereocenters. The molecule has 0 radical (unpaired) electrons. The second-order valence-electron chi connectivity index (χ2n) is 7.70. The van der Waals surface area contributed by atoms with E-state index in [-0.39, 0.29) is 18.2 Å². The van der Waals surface area contributed by atoms with Crippen LogP contribution in [0.15, 0.2) is 71.6 Å². The van der Waals surface area contributed by atoms with Crippen molar-refractivity contribution in [1.82, 2.24) is 4.90 Å². The first kappa shape index (κ1) is 22.7. The van der Waals surface area contributed by atoms with E-state index in [2.05, 4.69) is 5.32 Å². The van der Waals surface area contributed by atoms with Crippen molar-refractivity contribution in [3.8, 4) is 11.5 Å². The van der Waals surface area contributed by atoms with Crippen molar-refractivity contribution in [2.24, 2.45) is 0 Å². The maximum atomic E-state index is 13.2. The van der Waals surface area contributed by atoms with Gasteiger partial charge in [-0.3, -0.25) is 9.59 Å². The van der Waals surface area contributed by atoms with Crippen LogP contribution in [0.1, 0.15) is 33.9 Å². The van der Waals surface area contributed by atoms with Crippen molar-refractivity contribution >= 4 is 29.3 Å². The highest BCUT2D eigenvalue weighted by atomic mass is 32.2. The predicted octanol–water partition coefficient (Wildman–Crippen LogP) is 5.15. The lowest BCUT2D eigenvalue weighted by molar-refractivity contribution is -0.117. The molecular formula is C26H26N2O4S. The monoisotopic (exact) mass is 462 g/mol. The minimum Gasteiger partial charge on any atom is -0.493 e. The molecule has 33 heavy (non-hydrogen) atoms. The zero-order valence-corrected chi connectivity index (χ0v) is 19.6. The van der Waals surface area contributed by atoms with Crippen LogP contribution in [0.3, 0.4) is 0 Å². The number of nitrogens with one attached hydrogen (secondary N) is 1. The maximum absolute atomic E-state index is 13.2. The normalized spacial score (nSPS) is 13.4. The van der Waals surface area contributed by atoms with Crippen molar-refractivity contribution < 1.29 is 19.1 Å². The lowest BCUT2D eigenvalue weighted by Gasteiger charge is -2.28.